The number of nitrogens with zero attached hydrogens (tertiary/aromatic N) is 3. The molecular formula is C21H15N3OS. The van der Waals surface area contributed by atoms with Crippen LogP contribution in [0.2, 0.25) is 0 Å². The molecule has 1 aromatic heterocycles. The Balaban J connectivity index is 1.93. The molecule has 0 fully saturated rings. The first-order chi connectivity index (χ1) is 12.7. The van der Waals surface area contributed by atoms with Crippen LogP contribution >= 0.6 is 11.3 Å². The van der Waals surface area contributed by atoms with Gasteiger partial charge in [-0.1, -0.05) is 48.0 Å². The predicted molar refractivity (Wildman–Crippen MR) is 103 cm³/mol. The Morgan fingerprint density at radius 2 is 1.92 bits per heavy atom. The van der Waals surface area contributed by atoms with E-state index in [-0.39, 0.29) is 6.61 Å². The minimum absolute atomic E-state index is 0.0401. The van der Waals surface area contributed by atoms with Crippen molar-refractivity contribution in [3.8, 4) is 29.1 Å². The summed E-state index contributed by atoms with van der Waals surface area (Å²) in [4.78, 5) is 4.60. The molecule has 0 bridgehead atoms. The van der Waals surface area contributed by atoms with E-state index in [1.807, 2.05) is 60.8 Å². The maximum atomic E-state index is 9.58. The second-order valence-corrected chi connectivity index (χ2v) is 6.42. The van der Waals surface area contributed by atoms with Gasteiger partial charge in [0.05, 0.1) is 11.3 Å². The zero-order valence-corrected chi connectivity index (χ0v) is 15.0. The molecule has 0 saturated heterocycles. The Kier molecular flexibility index (Phi) is 5.43. The van der Waals surface area contributed by atoms with Crippen molar-refractivity contribution in [2.75, 3.05) is 6.61 Å². The van der Waals surface area contributed by atoms with Crippen molar-refractivity contribution in [3.05, 3.63) is 70.0 Å². The van der Waals surface area contributed by atoms with Gasteiger partial charge < -0.3 is 4.74 Å². The third kappa shape index (κ3) is 3.97. The van der Waals surface area contributed by atoms with Gasteiger partial charge in [-0.3, -0.25) is 0 Å². The van der Waals surface area contributed by atoms with Crippen molar-refractivity contribution in [2.45, 2.75) is 6.92 Å². The van der Waals surface area contributed by atoms with E-state index in [1.54, 1.807) is 12.1 Å². The van der Waals surface area contributed by atoms with E-state index in [2.05, 4.69) is 11.1 Å². The minimum atomic E-state index is -0.0401. The molecule has 126 valence electrons. The maximum absolute atomic E-state index is 9.58. The number of aromatic nitrogens is 1. The lowest BCUT2D eigenvalue weighted by molar-refractivity contribution is 0.367. The van der Waals surface area contributed by atoms with Crippen LogP contribution in [0.25, 0.3) is 22.9 Å². The van der Waals surface area contributed by atoms with E-state index in [9.17, 15) is 5.26 Å². The van der Waals surface area contributed by atoms with E-state index in [4.69, 9.17) is 10.00 Å². The average Bonchev–Trinajstić information content (AvgIpc) is 3.15. The molecule has 3 rings (SSSR count). The SMILES string of the molecule is Cc1ccc(-c2csc(/C(C#N)=C/c3ccccc3OCC#N)n2)cc1. The summed E-state index contributed by atoms with van der Waals surface area (Å²) >= 11 is 1.43. The van der Waals surface area contributed by atoms with E-state index in [1.165, 1.54) is 16.9 Å². The van der Waals surface area contributed by atoms with Crippen molar-refractivity contribution in [1.29, 1.82) is 10.5 Å². The number of hydrogen-bond donors (Lipinski definition) is 0. The Labute approximate surface area is 156 Å². The second kappa shape index (κ2) is 8.11. The van der Waals surface area contributed by atoms with E-state index < -0.39 is 0 Å². The van der Waals surface area contributed by atoms with Crippen LogP contribution in [-0.4, -0.2) is 11.6 Å². The number of aryl methyl sites for hydroxylation is 1. The van der Waals surface area contributed by atoms with Gasteiger partial charge in [0.2, 0.25) is 0 Å². The number of ether oxygens (including phenoxy) is 1. The summed E-state index contributed by atoms with van der Waals surface area (Å²) in [5.41, 5.74) is 4.26. The van der Waals surface area contributed by atoms with Gasteiger partial charge in [0.1, 0.15) is 22.9 Å². The standard InChI is InChI=1S/C21H15N3OS/c1-15-6-8-16(9-7-15)19-14-26-21(24-19)18(13-23)12-17-4-2-3-5-20(17)25-11-10-22/h2-9,12,14H,11H2,1H3/b18-12+. The Morgan fingerprint density at radius 1 is 1.15 bits per heavy atom. The molecule has 0 aliphatic heterocycles. The zero-order valence-electron chi connectivity index (χ0n) is 14.1. The topological polar surface area (TPSA) is 69.7 Å². The quantitative estimate of drug-likeness (QED) is 0.597. The Bertz CT molecular complexity index is 1020. The number of para-hydroxylation sites is 1. The lowest BCUT2D eigenvalue weighted by atomic mass is 10.1. The zero-order chi connectivity index (χ0) is 18.4. The van der Waals surface area contributed by atoms with Crippen LogP contribution in [0.15, 0.2) is 53.9 Å². The van der Waals surface area contributed by atoms with Crippen LogP contribution < -0.4 is 4.74 Å². The van der Waals surface area contributed by atoms with Crippen molar-refractivity contribution < 1.29 is 4.74 Å². The fraction of sp³-hybridized carbons (Fsp3) is 0.0952. The van der Waals surface area contributed by atoms with Crippen molar-refractivity contribution in [2.24, 2.45) is 0 Å². The van der Waals surface area contributed by atoms with Gasteiger partial charge in [-0.15, -0.1) is 11.3 Å². The van der Waals surface area contributed by atoms with Gasteiger partial charge in [0.15, 0.2) is 6.61 Å². The molecule has 0 radical (unpaired) electrons. The summed E-state index contributed by atoms with van der Waals surface area (Å²) in [5.74, 6) is 0.567. The number of hydrogen-bond acceptors (Lipinski definition) is 5. The number of allylic oxidation sites excluding steroid dienone is 1. The highest BCUT2D eigenvalue weighted by molar-refractivity contribution is 7.11. The summed E-state index contributed by atoms with van der Waals surface area (Å²) in [6.45, 7) is 2.00. The third-order valence-corrected chi connectivity index (χ3v) is 4.59. The lowest BCUT2D eigenvalue weighted by Crippen LogP contribution is -1.95. The molecule has 0 aliphatic carbocycles. The molecule has 0 unspecified atom stereocenters. The summed E-state index contributed by atoms with van der Waals surface area (Å²) < 4.78 is 5.42. The molecule has 26 heavy (non-hydrogen) atoms. The van der Waals surface area contributed by atoms with Crippen LogP contribution in [-0.2, 0) is 0 Å². The Hall–Kier alpha value is -3.41. The molecule has 5 heteroatoms. The molecule has 1 heterocycles. The number of rotatable bonds is 5. The molecule has 0 N–H and O–H groups in total. The van der Waals surface area contributed by atoms with Crippen molar-refractivity contribution in [3.63, 3.8) is 0 Å². The first kappa shape index (κ1) is 17.4. The normalized spacial score (nSPS) is 10.8. The van der Waals surface area contributed by atoms with Gasteiger partial charge >= 0.3 is 0 Å². The molecule has 0 atom stereocenters. The average molecular weight is 357 g/mol. The number of benzene rings is 2. The first-order valence-corrected chi connectivity index (χ1v) is 8.83. The fourth-order valence-electron chi connectivity index (χ4n) is 2.39. The van der Waals surface area contributed by atoms with Gasteiger partial charge in [-0.2, -0.15) is 10.5 Å². The predicted octanol–water partition coefficient (Wildman–Crippen LogP) is 5.09. The molecular weight excluding hydrogens is 342 g/mol. The minimum Gasteiger partial charge on any atom is -0.478 e. The summed E-state index contributed by atoms with van der Waals surface area (Å²) in [5, 5.41) is 20.9. The maximum Gasteiger partial charge on any atom is 0.174 e. The number of thiazole rings is 1. The number of nitriles is 2. The van der Waals surface area contributed by atoms with Gasteiger partial charge in [-0.05, 0) is 19.1 Å². The second-order valence-electron chi connectivity index (χ2n) is 5.56. The van der Waals surface area contributed by atoms with Gasteiger partial charge in [0, 0.05) is 16.5 Å². The van der Waals surface area contributed by atoms with E-state index >= 15 is 0 Å². The van der Waals surface area contributed by atoms with E-state index in [0.29, 0.717) is 16.3 Å². The van der Waals surface area contributed by atoms with Crippen molar-refractivity contribution >= 4 is 23.0 Å². The molecule has 4 nitrogen and oxygen atoms in total. The van der Waals surface area contributed by atoms with Crippen molar-refractivity contribution in [1.82, 2.24) is 4.98 Å². The fourth-order valence-corrected chi connectivity index (χ4v) is 3.19. The monoisotopic (exact) mass is 357 g/mol. The summed E-state index contributed by atoms with van der Waals surface area (Å²) in [7, 11) is 0. The van der Waals surface area contributed by atoms with Crippen LogP contribution in [0, 0.1) is 29.6 Å². The molecule has 0 saturated carbocycles. The van der Waals surface area contributed by atoms with Gasteiger partial charge in [0.25, 0.3) is 0 Å². The molecule has 2 aromatic carbocycles. The van der Waals surface area contributed by atoms with Gasteiger partial charge in [-0.25, -0.2) is 4.98 Å². The molecule has 0 aliphatic rings. The third-order valence-electron chi connectivity index (χ3n) is 3.71. The highest BCUT2D eigenvalue weighted by Crippen LogP contribution is 2.29. The smallest absolute Gasteiger partial charge is 0.174 e. The van der Waals surface area contributed by atoms with Crippen LogP contribution in [0.3, 0.4) is 0 Å². The highest BCUT2D eigenvalue weighted by atomic mass is 32.1. The van der Waals surface area contributed by atoms with Crippen LogP contribution in [0.1, 0.15) is 16.1 Å². The molecule has 0 amide bonds. The largest absolute Gasteiger partial charge is 0.478 e. The summed E-state index contributed by atoms with van der Waals surface area (Å²) in [6, 6.07) is 19.6. The molecule has 3 aromatic rings. The Morgan fingerprint density at radius 3 is 2.65 bits per heavy atom. The van der Waals surface area contributed by atoms with E-state index in [0.717, 1.165) is 16.8 Å². The van der Waals surface area contributed by atoms with Crippen LogP contribution in [0.5, 0.6) is 5.75 Å². The highest BCUT2D eigenvalue weighted by Gasteiger charge is 2.10. The lowest BCUT2D eigenvalue weighted by Gasteiger charge is -2.05. The summed E-state index contributed by atoms with van der Waals surface area (Å²) in [6.07, 6.45) is 1.74. The van der Waals surface area contributed by atoms with Crippen LogP contribution in [0.4, 0.5) is 0 Å². The first-order valence-electron chi connectivity index (χ1n) is 7.95. The molecule has 0 spiro atoms.